The quantitative estimate of drug-likeness (QED) is 0.631. The van der Waals surface area contributed by atoms with Crippen LogP contribution < -0.4 is 15.4 Å². The third-order valence-corrected chi connectivity index (χ3v) is 5.28. The maximum atomic E-state index is 11.6. The van der Waals surface area contributed by atoms with Crippen LogP contribution in [0.3, 0.4) is 0 Å². The highest BCUT2D eigenvalue weighted by atomic mass is 16.5. The van der Waals surface area contributed by atoms with Crippen molar-refractivity contribution in [1.29, 1.82) is 0 Å². The number of rotatable bonds is 10. The van der Waals surface area contributed by atoms with Crippen molar-refractivity contribution in [2.75, 3.05) is 13.2 Å². The Labute approximate surface area is 160 Å². The Bertz CT molecular complexity index is 764. The van der Waals surface area contributed by atoms with Crippen molar-refractivity contribution in [1.82, 2.24) is 10.6 Å². The van der Waals surface area contributed by atoms with Gasteiger partial charge in [-0.25, -0.2) is 0 Å². The molecule has 5 heteroatoms. The van der Waals surface area contributed by atoms with Crippen LogP contribution in [0.1, 0.15) is 49.2 Å². The van der Waals surface area contributed by atoms with E-state index >= 15 is 0 Å². The van der Waals surface area contributed by atoms with E-state index in [2.05, 4.69) is 41.8 Å². The maximum Gasteiger partial charge on any atom is 0.258 e. The summed E-state index contributed by atoms with van der Waals surface area (Å²) < 4.78 is 11.4. The highest BCUT2D eigenvalue weighted by Gasteiger charge is 2.36. The fourth-order valence-electron chi connectivity index (χ4n) is 3.25. The smallest absolute Gasteiger partial charge is 0.258 e. The monoisotopic (exact) mass is 368 g/mol. The largest absolute Gasteiger partial charge is 0.484 e. The zero-order chi connectivity index (χ0) is 18.6. The van der Waals surface area contributed by atoms with Gasteiger partial charge in [-0.3, -0.25) is 4.79 Å². The second-order valence-corrected chi connectivity index (χ2v) is 7.82. The number of hydrogen-bond donors (Lipinski definition) is 2. The van der Waals surface area contributed by atoms with Crippen molar-refractivity contribution in [2.24, 2.45) is 5.92 Å². The van der Waals surface area contributed by atoms with Crippen LogP contribution in [-0.2, 0) is 17.8 Å². The van der Waals surface area contributed by atoms with E-state index in [0.717, 1.165) is 55.5 Å². The minimum Gasteiger partial charge on any atom is -0.484 e. The van der Waals surface area contributed by atoms with E-state index in [4.69, 9.17) is 9.15 Å². The first-order valence-electron chi connectivity index (χ1n) is 9.98. The second kappa shape index (κ2) is 8.17. The summed E-state index contributed by atoms with van der Waals surface area (Å²) in [4.78, 5) is 11.6. The Morgan fingerprint density at radius 1 is 1.19 bits per heavy atom. The first-order valence-corrected chi connectivity index (χ1v) is 9.98. The lowest BCUT2D eigenvalue weighted by Crippen LogP contribution is -2.30. The first kappa shape index (κ1) is 18.1. The van der Waals surface area contributed by atoms with E-state index in [1.165, 1.54) is 12.0 Å². The van der Waals surface area contributed by atoms with Crippen LogP contribution in [0.2, 0.25) is 0 Å². The Hall–Kier alpha value is -2.27. The van der Waals surface area contributed by atoms with Crippen molar-refractivity contribution < 1.29 is 13.9 Å². The van der Waals surface area contributed by atoms with Crippen molar-refractivity contribution in [3.63, 3.8) is 0 Å². The average molecular weight is 368 g/mol. The minimum absolute atomic E-state index is 0.0389. The van der Waals surface area contributed by atoms with Crippen molar-refractivity contribution in [3.8, 4) is 5.75 Å². The van der Waals surface area contributed by atoms with Gasteiger partial charge in [0.1, 0.15) is 17.3 Å². The molecule has 2 unspecified atom stereocenters. The van der Waals surface area contributed by atoms with Crippen molar-refractivity contribution in [2.45, 2.75) is 51.1 Å². The summed E-state index contributed by atoms with van der Waals surface area (Å²) in [6, 6.07) is 12.5. The standard InChI is InChI=1S/C22H28N2O3/c1-15-12-20(15)21-9-8-19(27-21)13-23-11-10-16-2-6-18(7-3-16)26-14-22(25)24-17-4-5-17/h2-3,6-9,15,17,20,23H,4-5,10-14H2,1H3,(H,24,25). The second-order valence-electron chi connectivity index (χ2n) is 7.82. The summed E-state index contributed by atoms with van der Waals surface area (Å²) in [6.45, 7) is 4.00. The zero-order valence-electron chi connectivity index (χ0n) is 15.9. The molecule has 27 heavy (non-hydrogen) atoms. The molecule has 2 aromatic rings. The Morgan fingerprint density at radius 2 is 1.96 bits per heavy atom. The molecule has 0 radical (unpaired) electrons. The number of hydrogen-bond acceptors (Lipinski definition) is 4. The molecule has 1 heterocycles. The number of carbonyl (C=O) groups excluding carboxylic acids is 1. The Morgan fingerprint density at radius 3 is 2.67 bits per heavy atom. The summed E-state index contributed by atoms with van der Waals surface area (Å²) in [7, 11) is 0. The van der Waals surface area contributed by atoms with Crippen LogP contribution in [0.25, 0.3) is 0 Å². The lowest BCUT2D eigenvalue weighted by Gasteiger charge is -2.08. The van der Waals surface area contributed by atoms with Gasteiger partial charge in [0.15, 0.2) is 6.61 Å². The van der Waals surface area contributed by atoms with Crippen LogP contribution in [-0.4, -0.2) is 25.1 Å². The molecule has 0 aliphatic heterocycles. The van der Waals surface area contributed by atoms with Crippen LogP contribution in [0.5, 0.6) is 5.75 Å². The van der Waals surface area contributed by atoms with E-state index in [1.54, 1.807) is 0 Å². The molecule has 1 aromatic heterocycles. The van der Waals surface area contributed by atoms with Gasteiger partial charge in [0.2, 0.25) is 0 Å². The molecule has 2 fully saturated rings. The predicted molar refractivity (Wildman–Crippen MR) is 104 cm³/mol. The zero-order valence-corrected chi connectivity index (χ0v) is 15.9. The molecule has 0 saturated heterocycles. The van der Waals surface area contributed by atoms with Gasteiger partial charge in [0.05, 0.1) is 6.54 Å². The van der Waals surface area contributed by atoms with Gasteiger partial charge in [-0.2, -0.15) is 0 Å². The minimum atomic E-state index is -0.0389. The first-order chi connectivity index (χ1) is 13.2. The van der Waals surface area contributed by atoms with Crippen molar-refractivity contribution >= 4 is 5.91 Å². The number of ether oxygens (including phenoxy) is 1. The molecule has 2 aliphatic rings. The van der Waals surface area contributed by atoms with E-state index in [1.807, 2.05) is 12.1 Å². The van der Waals surface area contributed by atoms with E-state index in [9.17, 15) is 4.79 Å². The molecule has 5 nitrogen and oxygen atoms in total. The molecular weight excluding hydrogens is 340 g/mol. The van der Waals surface area contributed by atoms with E-state index in [0.29, 0.717) is 12.0 Å². The van der Waals surface area contributed by atoms with Gasteiger partial charge in [0.25, 0.3) is 5.91 Å². The fraction of sp³-hybridized carbons (Fsp3) is 0.500. The van der Waals surface area contributed by atoms with Crippen LogP contribution >= 0.6 is 0 Å². The predicted octanol–water partition coefficient (Wildman–Crippen LogP) is 3.39. The maximum absolute atomic E-state index is 11.6. The van der Waals surface area contributed by atoms with Gasteiger partial charge in [-0.1, -0.05) is 19.1 Å². The molecule has 4 rings (SSSR count). The number of furan rings is 1. The summed E-state index contributed by atoms with van der Waals surface area (Å²) >= 11 is 0. The topological polar surface area (TPSA) is 63.5 Å². The molecule has 2 atom stereocenters. The van der Waals surface area contributed by atoms with Gasteiger partial charge >= 0.3 is 0 Å². The van der Waals surface area contributed by atoms with Gasteiger partial charge in [0, 0.05) is 12.0 Å². The molecule has 144 valence electrons. The highest BCUT2D eigenvalue weighted by molar-refractivity contribution is 5.78. The summed E-state index contributed by atoms with van der Waals surface area (Å²) in [6.07, 6.45) is 4.38. The third kappa shape index (κ3) is 5.36. The number of carbonyl (C=O) groups is 1. The third-order valence-electron chi connectivity index (χ3n) is 5.28. The summed E-state index contributed by atoms with van der Waals surface area (Å²) in [5, 5.41) is 6.35. The molecule has 0 bridgehead atoms. The SMILES string of the molecule is CC1CC1c1ccc(CNCCc2ccc(OCC(=O)NC3CC3)cc2)o1. The molecule has 2 N–H and O–H groups in total. The molecule has 2 saturated carbocycles. The Balaban J connectivity index is 1.13. The summed E-state index contributed by atoms with van der Waals surface area (Å²) in [5.74, 6) is 4.26. The number of benzene rings is 1. The van der Waals surface area contributed by atoms with E-state index < -0.39 is 0 Å². The lowest BCUT2D eigenvalue weighted by atomic mass is 10.1. The van der Waals surface area contributed by atoms with Gasteiger partial charge in [-0.05, 0) is 68.0 Å². The average Bonchev–Trinajstić information content (AvgIpc) is 3.58. The molecular formula is C22H28N2O3. The van der Waals surface area contributed by atoms with Crippen LogP contribution in [0.4, 0.5) is 0 Å². The highest BCUT2D eigenvalue weighted by Crippen LogP contribution is 2.47. The number of amides is 1. The van der Waals surface area contributed by atoms with Crippen molar-refractivity contribution in [3.05, 3.63) is 53.5 Å². The Kier molecular flexibility index (Phi) is 5.48. The van der Waals surface area contributed by atoms with Gasteiger partial charge < -0.3 is 19.8 Å². The fourth-order valence-corrected chi connectivity index (χ4v) is 3.25. The lowest BCUT2D eigenvalue weighted by molar-refractivity contribution is -0.123. The summed E-state index contributed by atoms with van der Waals surface area (Å²) in [5.41, 5.74) is 1.24. The van der Waals surface area contributed by atoms with Crippen LogP contribution in [0, 0.1) is 5.92 Å². The molecule has 1 aromatic carbocycles. The number of nitrogens with one attached hydrogen (secondary N) is 2. The van der Waals surface area contributed by atoms with Gasteiger partial charge in [-0.15, -0.1) is 0 Å². The van der Waals surface area contributed by atoms with E-state index in [-0.39, 0.29) is 12.5 Å². The molecule has 2 aliphatic carbocycles. The molecule has 0 spiro atoms. The normalized spacial score (nSPS) is 21.1. The molecule has 1 amide bonds. The van der Waals surface area contributed by atoms with Crippen LogP contribution in [0.15, 0.2) is 40.8 Å².